The molecule has 0 radical (unpaired) electrons. The summed E-state index contributed by atoms with van der Waals surface area (Å²) in [5, 5.41) is 0. The van der Waals surface area contributed by atoms with Crippen LogP contribution in [0.1, 0.15) is 103 Å². The van der Waals surface area contributed by atoms with Crippen molar-refractivity contribution in [2.45, 2.75) is 103 Å². The number of rotatable bonds is 2. The highest BCUT2D eigenvalue weighted by molar-refractivity contribution is 5.32. The Morgan fingerprint density at radius 1 is 0.583 bits per heavy atom. The Morgan fingerprint density at radius 3 is 1.62 bits per heavy atom. The van der Waals surface area contributed by atoms with Crippen molar-refractivity contribution in [3.05, 3.63) is 11.6 Å². The van der Waals surface area contributed by atoms with E-state index in [1.165, 1.54) is 0 Å². The molecule has 0 N–H and O–H groups in total. The zero-order valence-electron chi connectivity index (χ0n) is 15.6. The molecule has 132 valence electrons. The minimum atomic E-state index is 0.644. The van der Waals surface area contributed by atoms with Crippen LogP contribution in [0.15, 0.2) is 11.6 Å². The fraction of sp³-hybridized carbons (Fsp3) is 0.917. The second kappa shape index (κ2) is 4.92. The molecular weight excluding hydrogens is 288 g/mol. The predicted octanol–water partition coefficient (Wildman–Crippen LogP) is 7.04. The summed E-state index contributed by atoms with van der Waals surface area (Å²) in [5.41, 5.74) is 4.11. The molecule has 0 aromatic rings. The lowest BCUT2D eigenvalue weighted by Crippen LogP contribution is -2.52. The van der Waals surface area contributed by atoms with Gasteiger partial charge >= 0.3 is 0 Å². The lowest BCUT2D eigenvalue weighted by atomic mass is 9.41. The van der Waals surface area contributed by atoms with Crippen LogP contribution in [0.5, 0.6) is 0 Å². The lowest BCUT2D eigenvalue weighted by molar-refractivity contribution is -0.0715. The topological polar surface area (TPSA) is 0 Å². The Balaban J connectivity index is 1.41. The van der Waals surface area contributed by atoms with Gasteiger partial charge in [0, 0.05) is 0 Å². The van der Waals surface area contributed by atoms with Crippen LogP contribution in [0, 0.1) is 34.0 Å². The molecular formula is C24H36. The Morgan fingerprint density at radius 2 is 1.08 bits per heavy atom. The summed E-state index contributed by atoms with van der Waals surface area (Å²) in [6.07, 6.45) is 28.1. The van der Waals surface area contributed by atoms with Crippen LogP contribution in [0.3, 0.4) is 0 Å². The SMILES string of the molecule is C1=C(C23CCC(CC2)CC3)C2CCC1(C13CCC(CC1)CC3)CC2. The monoisotopic (exact) mass is 324 g/mol. The fourth-order valence-corrected chi connectivity index (χ4v) is 8.95. The van der Waals surface area contributed by atoms with E-state index in [0.29, 0.717) is 10.8 Å². The zero-order chi connectivity index (χ0) is 15.8. The minimum absolute atomic E-state index is 0.644. The normalized spacial score (nSPS) is 55.7. The molecule has 0 amide bonds. The van der Waals surface area contributed by atoms with E-state index in [1.54, 1.807) is 103 Å². The summed E-state index contributed by atoms with van der Waals surface area (Å²) >= 11 is 0. The summed E-state index contributed by atoms with van der Waals surface area (Å²) in [4.78, 5) is 0. The Labute approximate surface area is 148 Å². The summed E-state index contributed by atoms with van der Waals surface area (Å²) in [6, 6.07) is 0. The van der Waals surface area contributed by atoms with Crippen molar-refractivity contribution in [3.8, 4) is 0 Å². The summed E-state index contributed by atoms with van der Waals surface area (Å²) < 4.78 is 0. The molecule has 0 heteroatoms. The van der Waals surface area contributed by atoms with Gasteiger partial charge in [-0.1, -0.05) is 11.6 Å². The van der Waals surface area contributed by atoms with E-state index in [9.17, 15) is 0 Å². The molecule has 0 unspecified atom stereocenters. The molecule has 24 heavy (non-hydrogen) atoms. The van der Waals surface area contributed by atoms with Gasteiger partial charge in [0.05, 0.1) is 0 Å². The molecule has 0 aromatic carbocycles. The number of allylic oxidation sites excluding steroid dienone is 2. The maximum Gasteiger partial charge on any atom is -0.00584 e. The Hall–Kier alpha value is -0.260. The van der Waals surface area contributed by atoms with Gasteiger partial charge in [-0.25, -0.2) is 0 Å². The summed E-state index contributed by atoms with van der Waals surface area (Å²) in [5.74, 6) is 3.21. The number of hydrogen-bond donors (Lipinski definition) is 0. The van der Waals surface area contributed by atoms with Crippen molar-refractivity contribution >= 4 is 0 Å². The van der Waals surface area contributed by atoms with Crippen molar-refractivity contribution in [2.75, 3.05) is 0 Å². The average Bonchev–Trinajstić information content (AvgIpc) is 2.72. The van der Waals surface area contributed by atoms with Crippen LogP contribution < -0.4 is 0 Å². The van der Waals surface area contributed by atoms with E-state index in [-0.39, 0.29) is 0 Å². The van der Waals surface area contributed by atoms with E-state index in [1.807, 2.05) is 5.57 Å². The van der Waals surface area contributed by atoms with Gasteiger partial charge in [-0.2, -0.15) is 0 Å². The van der Waals surface area contributed by atoms with Crippen molar-refractivity contribution in [3.63, 3.8) is 0 Å². The fourth-order valence-electron chi connectivity index (χ4n) is 8.95. The van der Waals surface area contributed by atoms with Crippen LogP contribution in [0.2, 0.25) is 0 Å². The van der Waals surface area contributed by atoms with Gasteiger partial charge in [0.1, 0.15) is 0 Å². The van der Waals surface area contributed by atoms with E-state index < -0.39 is 0 Å². The molecule has 0 saturated heterocycles. The van der Waals surface area contributed by atoms with Crippen LogP contribution in [-0.2, 0) is 0 Å². The van der Waals surface area contributed by atoms with E-state index in [2.05, 4.69) is 6.08 Å². The molecule has 7 fully saturated rings. The molecule has 9 rings (SSSR count). The first-order chi connectivity index (χ1) is 11.7. The molecule has 0 aliphatic heterocycles. The molecule has 9 aliphatic carbocycles. The maximum atomic E-state index is 3.03. The first kappa shape index (κ1) is 14.9. The summed E-state index contributed by atoms with van der Waals surface area (Å²) in [7, 11) is 0. The third-order valence-corrected chi connectivity index (χ3v) is 10.6. The van der Waals surface area contributed by atoms with Crippen molar-refractivity contribution in [1.29, 1.82) is 0 Å². The van der Waals surface area contributed by atoms with Crippen LogP contribution in [0.4, 0.5) is 0 Å². The molecule has 0 atom stereocenters. The Bertz CT molecular complexity index is 515. The predicted molar refractivity (Wildman–Crippen MR) is 99.7 cm³/mol. The Kier molecular flexibility index (Phi) is 3.05. The second-order valence-electron chi connectivity index (χ2n) is 11.1. The number of hydrogen-bond acceptors (Lipinski definition) is 0. The van der Waals surface area contributed by atoms with E-state index in [0.717, 1.165) is 23.2 Å². The van der Waals surface area contributed by atoms with Crippen LogP contribution in [0.25, 0.3) is 0 Å². The third-order valence-electron chi connectivity index (χ3n) is 10.6. The molecule has 0 spiro atoms. The average molecular weight is 325 g/mol. The molecule has 7 saturated carbocycles. The van der Waals surface area contributed by atoms with Crippen molar-refractivity contribution < 1.29 is 0 Å². The van der Waals surface area contributed by atoms with Crippen molar-refractivity contribution in [2.24, 2.45) is 34.0 Å². The standard InChI is InChI=1S/C24H36/c1-9-22(10-2-18(1)3-11-22)21-17-24(15-7-20(21)8-16-24)23-12-4-19(5-13-23)6-14-23/h17-20H,1-16H2. The summed E-state index contributed by atoms with van der Waals surface area (Å²) in [6.45, 7) is 0. The van der Waals surface area contributed by atoms with Gasteiger partial charge in [0.2, 0.25) is 0 Å². The molecule has 0 aromatic heterocycles. The van der Waals surface area contributed by atoms with Gasteiger partial charge in [-0.05, 0) is 137 Å². The van der Waals surface area contributed by atoms with E-state index in [4.69, 9.17) is 0 Å². The minimum Gasteiger partial charge on any atom is -0.0777 e. The van der Waals surface area contributed by atoms with Gasteiger partial charge < -0.3 is 0 Å². The van der Waals surface area contributed by atoms with E-state index >= 15 is 0 Å². The lowest BCUT2D eigenvalue weighted by Gasteiger charge is -2.63. The van der Waals surface area contributed by atoms with Crippen molar-refractivity contribution in [1.82, 2.24) is 0 Å². The molecule has 0 nitrogen and oxygen atoms in total. The smallest absolute Gasteiger partial charge is 0.00584 e. The first-order valence-electron chi connectivity index (χ1n) is 11.5. The van der Waals surface area contributed by atoms with Crippen LogP contribution >= 0.6 is 0 Å². The van der Waals surface area contributed by atoms with Gasteiger partial charge in [-0.3, -0.25) is 0 Å². The first-order valence-corrected chi connectivity index (χ1v) is 11.5. The highest BCUT2D eigenvalue weighted by atomic mass is 14.6. The number of fused-ring (bicyclic) bond motifs is 8. The maximum absolute atomic E-state index is 3.03. The van der Waals surface area contributed by atoms with Gasteiger partial charge in [-0.15, -0.1) is 0 Å². The quantitative estimate of drug-likeness (QED) is 0.478. The second-order valence-corrected chi connectivity index (χ2v) is 11.1. The molecule has 6 bridgehead atoms. The third kappa shape index (κ3) is 1.82. The van der Waals surface area contributed by atoms with Gasteiger partial charge in [0.15, 0.2) is 0 Å². The molecule has 0 heterocycles. The zero-order valence-corrected chi connectivity index (χ0v) is 15.6. The van der Waals surface area contributed by atoms with Crippen LogP contribution in [-0.4, -0.2) is 0 Å². The molecule has 9 aliphatic rings. The highest BCUT2D eigenvalue weighted by Crippen LogP contribution is 2.70. The highest BCUT2D eigenvalue weighted by Gasteiger charge is 2.58. The van der Waals surface area contributed by atoms with Gasteiger partial charge in [0.25, 0.3) is 0 Å². The largest absolute Gasteiger partial charge is 0.0777 e.